The Balaban J connectivity index is 1.67. The van der Waals surface area contributed by atoms with Gasteiger partial charge in [0.15, 0.2) is 17.2 Å². The van der Waals surface area contributed by atoms with Gasteiger partial charge in [-0.25, -0.2) is 9.07 Å². The number of aromatic nitrogens is 2. The highest BCUT2D eigenvalue weighted by atomic mass is 19.1. The Bertz CT molecular complexity index is 1090. The number of carbonyl (C=O) groups is 1. The molecule has 0 saturated carbocycles. The molecule has 0 radical (unpaired) electrons. The molecule has 142 valence electrons. The van der Waals surface area contributed by atoms with Gasteiger partial charge in [-0.3, -0.25) is 4.79 Å². The molecule has 28 heavy (non-hydrogen) atoms. The number of hydrogen-bond acceptors (Lipinski definition) is 4. The van der Waals surface area contributed by atoms with Gasteiger partial charge in [0.05, 0.1) is 17.4 Å². The summed E-state index contributed by atoms with van der Waals surface area (Å²) in [7, 11) is 0. The summed E-state index contributed by atoms with van der Waals surface area (Å²) < 4.78 is 26.0. The highest BCUT2D eigenvalue weighted by Gasteiger charge is 2.38. The molecular formula is C21H18FN3O3. The van der Waals surface area contributed by atoms with Gasteiger partial charge in [0.25, 0.3) is 5.91 Å². The summed E-state index contributed by atoms with van der Waals surface area (Å²) in [5.41, 5.74) is 3.79. The molecule has 0 saturated heterocycles. The van der Waals surface area contributed by atoms with E-state index in [1.54, 1.807) is 16.8 Å². The predicted octanol–water partition coefficient (Wildman–Crippen LogP) is 3.70. The first-order chi connectivity index (χ1) is 13.5. The first kappa shape index (κ1) is 16.8. The van der Waals surface area contributed by atoms with Gasteiger partial charge in [-0.2, -0.15) is 5.10 Å². The Morgan fingerprint density at radius 2 is 1.89 bits per heavy atom. The molecule has 1 unspecified atom stereocenters. The lowest BCUT2D eigenvalue weighted by atomic mass is 9.95. The quantitative estimate of drug-likeness (QED) is 0.754. The standard InChI is InChI=1S/C21H18FN3O3/c1-11(2)20-17-18(12-3-8-15-16(9-12)28-10-27-15)23-21(26)19(17)24-25(20)14-6-4-13(22)5-7-14/h3-9,11,18H,10H2,1-2H3,(H,23,26). The molecule has 1 aromatic heterocycles. The fourth-order valence-electron chi connectivity index (χ4n) is 3.84. The van der Waals surface area contributed by atoms with E-state index in [0.29, 0.717) is 17.2 Å². The van der Waals surface area contributed by atoms with E-state index in [2.05, 4.69) is 24.3 Å². The maximum atomic E-state index is 13.4. The Morgan fingerprint density at radius 1 is 1.14 bits per heavy atom. The smallest absolute Gasteiger partial charge is 0.272 e. The fraction of sp³-hybridized carbons (Fsp3) is 0.238. The summed E-state index contributed by atoms with van der Waals surface area (Å²) in [6.45, 7) is 4.30. The summed E-state index contributed by atoms with van der Waals surface area (Å²) in [6, 6.07) is 11.4. The molecule has 3 aromatic rings. The van der Waals surface area contributed by atoms with Crippen LogP contribution in [0.5, 0.6) is 11.5 Å². The number of nitrogens with one attached hydrogen (secondary N) is 1. The number of rotatable bonds is 3. The van der Waals surface area contributed by atoms with Crippen LogP contribution in [0.2, 0.25) is 0 Å². The topological polar surface area (TPSA) is 65.4 Å². The second-order valence-electron chi connectivity index (χ2n) is 7.21. The Kier molecular flexibility index (Phi) is 3.65. The zero-order valence-electron chi connectivity index (χ0n) is 15.4. The number of fused-ring (bicyclic) bond motifs is 2. The molecule has 3 heterocycles. The summed E-state index contributed by atoms with van der Waals surface area (Å²) in [5.74, 6) is 0.924. The molecule has 2 aromatic carbocycles. The van der Waals surface area contributed by atoms with E-state index in [0.717, 1.165) is 22.5 Å². The fourth-order valence-corrected chi connectivity index (χ4v) is 3.84. The van der Waals surface area contributed by atoms with Crippen molar-refractivity contribution in [2.24, 2.45) is 0 Å². The van der Waals surface area contributed by atoms with E-state index in [4.69, 9.17) is 9.47 Å². The van der Waals surface area contributed by atoms with Gasteiger partial charge in [0, 0.05) is 5.56 Å². The second-order valence-corrected chi connectivity index (χ2v) is 7.21. The molecule has 7 heteroatoms. The van der Waals surface area contributed by atoms with Gasteiger partial charge < -0.3 is 14.8 Å². The summed E-state index contributed by atoms with van der Waals surface area (Å²) in [4.78, 5) is 12.7. The van der Waals surface area contributed by atoms with Crippen LogP contribution in [0, 0.1) is 5.82 Å². The van der Waals surface area contributed by atoms with E-state index in [9.17, 15) is 9.18 Å². The van der Waals surface area contributed by atoms with Crippen LogP contribution in [0.3, 0.4) is 0 Å². The number of ether oxygens (including phenoxy) is 2. The van der Waals surface area contributed by atoms with Crippen LogP contribution in [0.15, 0.2) is 42.5 Å². The third-order valence-electron chi connectivity index (χ3n) is 5.09. The van der Waals surface area contributed by atoms with Gasteiger partial charge in [0.2, 0.25) is 6.79 Å². The number of nitrogens with zero attached hydrogens (tertiary/aromatic N) is 2. The van der Waals surface area contributed by atoms with Crippen molar-refractivity contribution in [3.8, 4) is 17.2 Å². The molecule has 2 aliphatic rings. The van der Waals surface area contributed by atoms with Crippen molar-refractivity contribution in [1.29, 1.82) is 0 Å². The highest BCUT2D eigenvalue weighted by Crippen LogP contribution is 2.41. The third kappa shape index (κ3) is 2.46. The lowest BCUT2D eigenvalue weighted by molar-refractivity contribution is 0.0955. The van der Waals surface area contributed by atoms with Crippen molar-refractivity contribution in [1.82, 2.24) is 15.1 Å². The minimum atomic E-state index is -0.330. The lowest BCUT2D eigenvalue weighted by Crippen LogP contribution is -2.22. The van der Waals surface area contributed by atoms with Crippen LogP contribution >= 0.6 is 0 Å². The zero-order valence-corrected chi connectivity index (χ0v) is 15.4. The van der Waals surface area contributed by atoms with Gasteiger partial charge in [-0.15, -0.1) is 0 Å². The van der Waals surface area contributed by atoms with Gasteiger partial charge in [0.1, 0.15) is 5.82 Å². The minimum Gasteiger partial charge on any atom is -0.454 e. The molecule has 0 bridgehead atoms. The highest BCUT2D eigenvalue weighted by molar-refractivity contribution is 5.98. The number of benzene rings is 2. The lowest BCUT2D eigenvalue weighted by Gasteiger charge is -2.18. The Hall–Kier alpha value is -3.35. The molecule has 1 amide bonds. The molecular weight excluding hydrogens is 361 g/mol. The minimum absolute atomic E-state index is 0.102. The first-order valence-electron chi connectivity index (χ1n) is 9.12. The number of halogens is 1. The average molecular weight is 379 g/mol. The summed E-state index contributed by atoms with van der Waals surface area (Å²) in [6.07, 6.45) is 0. The molecule has 1 atom stereocenters. The van der Waals surface area contributed by atoms with Crippen molar-refractivity contribution in [2.45, 2.75) is 25.8 Å². The zero-order chi connectivity index (χ0) is 19.4. The van der Waals surface area contributed by atoms with Crippen LogP contribution in [-0.4, -0.2) is 22.5 Å². The number of amides is 1. The molecule has 6 nitrogen and oxygen atoms in total. The van der Waals surface area contributed by atoms with Crippen molar-refractivity contribution >= 4 is 5.91 Å². The number of hydrogen-bond donors (Lipinski definition) is 1. The molecule has 0 fully saturated rings. The van der Waals surface area contributed by atoms with Gasteiger partial charge in [-0.05, 0) is 47.9 Å². The van der Waals surface area contributed by atoms with Crippen molar-refractivity contribution in [3.63, 3.8) is 0 Å². The van der Waals surface area contributed by atoms with E-state index in [1.165, 1.54) is 12.1 Å². The van der Waals surface area contributed by atoms with E-state index < -0.39 is 0 Å². The van der Waals surface area contributed by atoms with E-state index in [-0.39, 0.29) is 30.5 Å². The Morgan fingerprint density at radius 3 is 2.64 bits per heavy atom. The van der Waals surface area contributed by atoms with Crippen molar-refractivity contribution in [2.75, 3.05) is 6.79 Å². The van der Waals surface area contributed by atoms with Gasteiger partial charge in [-0.1, -0.05) is 19.9 Å². The SMILES string of the molecule is CC(C)c1c2c(nn1-c1ccc(F)cc1)C(=O)NC2c1ccc2c(c1)OCO2. The largest absolute Gasteiger partial charge is 0.454 e. The first-order valence-corrected chi connectivity index (χ1v) is 9.12. The summed E-state index contributed by atoms with van der Waals surface area (Å²) >= 11 is 0. The monoisotopic (exact) mass is 379 g/mol. The van der Waals surface area contributed by atoms with Crippen LogP contribution in [-0.2, 0) is 0 Å². The molecule has 0 aliphatic carbocycles. The van der Waals surface area contributed by atoms with Crippen LogP contribution in [0.25, 0.3) is 5.69 Å². The van der Waals surface area contributed by atoms with E-state index >= 15 is 0 Å². The van der Waals surface area contributed by atoms with Crippen molar-refractivity contribution < 1.29 is 18.7 Å². The third-order valence-corrected chi connectivity index (χ3v) is 5.09. The van der Waals surface area contributed by atoms with Crippen LogP contribution in [0.1, 0.15) is 53.1 Å². The molecule has 5 rings (SSSR count). The molecule has 0 spiro atoms. The van der Waals surface area contributed by atoms with Crippen LogP contribution < -0.4 is 14.8 Å². The molecule has 2 aliphatic heterocycles. The maximum absolute atomic E-state index is 13.4. The average Bonchev–Trinajstić information content (AvgIpc) is 3.36. The van der Waals surface area contributed by atoms with E-state index in [1.807, 2.05) is 18.2 Å². The van der Waals surface area contributed by atoms with Crippen molar-refractivity contribution in [3.05, 3.63) is 70.8 Å². The molecule has 1 N–H and O–H groups in total. The van der Waals surface area contributed by atoms with Gasteiger partial charge >= 0.3 is 0 Å². The Labute approximate surface area is 160 Å². The maximum Gasteiger partial charge on any atom is 0.272 e. The summed E-state index contributed by atoms with van der Waals surface area (Å²) in [5, 5.41) is 7.59. The predicted molar refractivity (Wildman–Crippen MR) is 99.5 cm³/mol. The second kappa shape index (κ2) is 6.09. The number of carbonyl (C=O) groups excluding carboxylic acids is 1. The van der Waals surface area contributed by atoms with Crippen LogP contribution in [0.4, 0.5) is 4.39 Å². The normalized spacial score (nSPS) is 17.1.